The molecule has 4 unspecified atom stereocenters. The Morgan fingerprint density at radius 2 is 1.23 bits per heavy atom. The maximum absolute atomic E-state index is 13.1. The van der Waals surface area contributed by atoms with Gasteiger partial charge in [0.25, 0.3) is 0 Å². The maximum Gasteiger partial charge on any atom is 0.171 e. The van der Waals surface area contributed by atoms with Crippen molar-refractivity contribution >= 4 is 11.6 Å². The van der Waals surface area contributed by atoms with Gasteiger partial charge >= 0.3 is 0 Å². The van der Waals surface area contributed by atoms with E-state index in [0.29, 0.717) is 22.6 Å². The standard InChI is InChI=1S/C18H18O4/c1-21-11-7-8-12(22-2)16-15(11)17(19)13-9-3-5-10(6-4-9)14(13)18(16)20/h3,5,7-10,13-14H,4,6H2,1-2H3. The Labute approximate surface area is 129 Å². The predicted molar refractivity (Wildman–Crippen MR) is 80.5 cm³/mol. The van der Waals surface area contributed by atoms with Gasteiger partial charge in [-0.2, -0.15) is 0 Å². The summed E-state index contributed by atoms with van der Waals surface area (Å²) < 4.78 is 10.7. The number of hydrogen-bond donors (Lipinski definition) is 0. The van der Waals surface area contributed by atoms with E-state index in [1.54, 1.807) is 12.1 Å². The third-order valence-corrected chi connectivity index (χ3v) is 5.42. The highest BCUT2D eigenvalue weighted by molar-refractivity contribution is 6.19. The molecule has 1 aromatic rings. The summed E-state index contributed by atoms with van der Waals surface area (Å²) in [5.74, 6) is 0.903. The molecule has 0 aromatic heterocycles. The van der Waals surface area contributed by atoms with Crippen molar-refractivity contribution in [1.29, 1.82) is 0 Å². The Morgan fingerprint density at radius 3 is 1.55 bits per heavy atom. The Kier molecular flexibility index (Phi) is 2.90. The summed E-state index contributed by atoms with van der Waals surface area (Å²) in [5, 5.41) is 0. The van der Waals surface area contributed by atoms with Gasteiger partial charge in [-0.1, -0.05) is 12.2 Å². The molecule has 4 aliphatic carbocycles. The minimum absolute atomic E-state index is 0.0365. The first kappa shape index (κ1) is 13.6. The molecular formula is C18H18O4. The van der Waals surface area contributed by atoms with Crippen LogP contribution in [-0.4, -0.2) is 25.8 Å². The van der Waals surface area contributed by atoms with Gasteiger partial charge in [0.05, 0.1) is 25.3 Å². The highest BCUT2D eigenvalue weighted by Gasteiger charge is 2.53. The molecule has 4 heteroatoms. The van der Waals surface area contributed by atoms with Crippen molar-refractivity contribution in [2.75, 3.05) is 14.2 Å². The number of allylic oxidation sites excluding steroid dienone is 2. The molecule has 22 heavy (non-hydrogen) atoms. The van der Waals surface area contributed by atoms with Crippen molar-refractivity contribution in [3.05, 3.63) is 35.4 Å². The first-order valence-electron chi connectivity index (χ1n) is 7.69. The summed E-state index contributed by atoms with van der Waals surface area (Å²) in [6.45, 7) is 0. The molecule has 0 saturated heterocycles. The SMILES string of the molecule is COc1ccc(OC)c2c1C(=O)C1C3C=CC(CC3)C1C2=O. The second kappa shape index (κ2) is 4.70. The molecule has 0 radical (unpaired) electrons. The number of benzene rings is 1. The van der Waals surface area contributed by atoms with Crippen molar-refractivity contribution in [1.82, 2.24) is 0 Å². The second-order valence-electron chi connectivity index (χ2n) is 6.29. The van der Waals surface area contributed by atoms with E-state index in [4.69, 9.17) is 9.47 Å². The molecule has 4 aliphatic rings. The van der Waals surface area contributed by atoms with Crippen molar-refractivity contribution in [2.24, 2.45) is 23.7 Å². The Balaban J connectivity index is 1.96. The average Bonchev–Trinajstić information content (AvgIpc) is 2.58. The van der Waals surface area contributed by atoms with Crippen molar-refractivity contribution in [3.63, 3.8) is 0 Å². The minimum Gasteiger partial charge on any atom is -0.496 e. The number of carbonyl (C=O) groups is 2. The van der Waals surface area contributed by atoms with Gasteiger partial charge in [0.1, 0.15) is 11.5 Å². The van der Waals surface area contributed by atoms with Gasteiger partial charge in [-0.15, -0.1) is 0 Å². The lowest BCUT2D eigenvalue weighted by atomic mass is 9.56. The van der Waals surface area contributed by atoms with Gasteiger partial charge in [0, 0.05) is 11.8 Å². The maximum atomic E-state index is 13.1. The fraction of sp³-hybridized carbons (Fsp3) is 0.444. The first-order chi connectivity index (χ1) is 10.7. The quantitative estimate of drug-likeness (QED) is 0.788. The van der Waals surface area contributed by atoms with Crippen LogP contribution in [0.5, 0.6) is 11.5 Å². The normalized spacial score (nSPS) is 31.7. The Hall–Kier alpha value is -2.10. The van der Waals surface area contributed by atoms with Crippen molar-refractivity contribution in [2.45, 2.75) is 12.8 Å². The molecule has 0 N–H and O–H groups in total. The molecular weight excluding hydrogens is 280 g/mol. The third kappa shape index (κ3) is 1.58. The zero-order valence-electron chi connectivity index (χ0n) is 12.7. The molecule has 1 aromatic carbocycles. The van der Waals surface area contributed by atoms with Gasteiger partial charge in [0.2, 0.25) is 0 Å². The van der Waals surface area contributed by atoms with Gasteiger partial charge in [-0.05, 0) is 36.8 Å². The third-order valence-electron chi connectivity index (χ3n) is 5.42. The van der Waals surface area contributed by atoms with Crippen LogP contribution in [0.4, 0.5) is 0 Å². The van der Waals surface area contributed by atoms with E-state index in [-0.39, 0.29) is 35.2 Å². The van der Waals surface area contributed by atoms with Gasteiger partial charge in [-0.3, -0.25) is 9.59 Å². The summed E-state index contributed by atoms with van der Waals surface area (Å²) in [7, 11) is 3.05. The van der Waals surface area contributed by atoms with Crippen LogP contribution in [0, 0.1) is 23.7 Å². The van der Waals surface area contributed by atoms with Crippen LogP contribution < -0.4 is 9.47 Å². The molecule has 0 aliphatic heterocycles. The van der Waals surface area contributed by atoms with Crippen LogP contribution in [0.3, 0.4) is 0 Å². The molecule has 1 fully saturated rings. The topological polar surface area (TPSA) is 52.6 Å². The smallest absolute Gasteiger partial charge is 0.171 e. The van der Waals surface area contributed by atoms with Gasteiger partial charge in [0.15, 0.2) is 11.6 Å². The van der Waals surface area contributed by atoms with Crippen molar-refractivity contribution < 1.29 is 19.1 Å². The first-order valence-corrected chi connectivity index (χ1v) is 7.69. The van der Waals surface area contributed by atoms with Crippen LogP contribution in [0.15, 0.2) is 24.3 Å². The van der Waals surface area contributed by atoms with Crippen LogP contribution in [0.25, 0.3) is 0 Å². The fourth-order valence-corrected chi connectivity index (χ4v) is 4.44. The highest BCUT2D eigenvalue weighted by atomic mass is 16.5. The van der Waals surface area contributed by atoms with E-state index in [2.05, 4.69) is 12.2 Å². The average molecular weight is 298 g/mol. The molecule has 4 nitrogen and oxygen atoms in total. The fourth-order valence-electron chi connectivity index (χ4n) is 4.44. The van der Waals surface area contributed by atoms with Gasteiger partial charge < -0.3 is 9.47 Å². The van der Waals surface area contributed by atoms with E-state index < -0.39 is 0 Å². The van der Waals surface area contributed by atoms with Crippen LogP contribution in [-0.2, 0) is 0 Å². The molecule has 0 heterocycles. The number of hydrogen-bond acceptors (Lipinski definition) is 4. The summed E-state index contributed by atoms with van der Waals surface area (Å²) in [6.07, 6.45) is 6.22. The summed E-state index contributed by atoms with van der Waals surface area (Å²) in [5.41, 5.74) is 0.822. The molecule has 4 atom stereocenters. The van der Waals surface area contributed by atoms with Gasteiger partial charge in [-0.25, -0.2) is 0 Å². The van der Waals surface area contributed by atoms with E-state index >= 15 is 0 Å². The number of ketones is 2. The van der Waals surface area contributed by atoms with Crippen LogP contribution in [0.2, 0.25) is 0 Å². The van der Waals surface area contributed by atoms with Crippen LogP contribution >= 0.6 is 0 Å². The van der Waals surface area contributed by atoms with Crippen molar-refractivity contribution in [3.8, 4) is 11.5 Å². The number of methoxy groups -OCH3 is 2. The van der Waals surface area contributed by atoms with Crippen LogP contribution in [0.1, 0.15) is 33.6 Å². The molecule has 5 rings (SSSR count). The molecule has 0 spiro atoms. The number of Topliss-reactive ketones (excluding diaryl/α,β-unsaturated/α-hetero) is 2. The Bertz CT molecular complexity index is 644. The number of fused-ring (bicyclic) bond motifs is 2. The highest BCUT2D eigenvalue weighted by Crippen LogP contribution is 2.52. The molecule has 2 bridgehead atoms. The summed E-state index contributed by atoms with van der Waals surface area (Å²) in [4.78, 5) is 26.2. The monoisotopic (exact) mass is 298 g/mol. The molecule has 1 saturated carbocycles. The zero-order valence-corrected chi connectivity index (χ0v) is 12.7. The number of carbonyl (C=O) groups excluding carboxylic acids is 2. The second-order valence-corrected chi connectivity index (χ2v) is 6.29. The summed E-state index contributed by atoms with van der Waals surface area (Å²) >= 11 is 0. The lowest BCUT2D eigenvalue weighted by Gasteiger charge is -2.46. The molecule has 0 amide bonds. The van der Waals surface area contributed by atoms with E-state index in [9.17, 15) is 9.59 Å². The summed E-state index contributed by atoms with van der Waals surface area (Å²) in [6, 6.07) is 3.42. The molecule has 114 valence electrons. The number of rotatable bonds is 2. The Morgan fingerprint density at radius 1 is 0.818 bits per heavy atom. The minimum atomic E-state index is -0.232. The van der Waals surface area contributed by atoms with E-state index in [1.165, 1.54) is 14.2 Å². The largest absolute Gasteiger partial charge is 0.496 e. The number of ether oxygens (including phenoxy) is 2. The lowest BCUT2D eigenvalue weighted by molar-refractivity contribution is 0.0514. The lowest BCUT2D eigenvalue weighted by Crippen LogP contribution is -2.48. The van der Waals surface area contributed by atoms with E-state index in [1.807, 2.05) is 0 Å². The van der Waals surface area contributed by atoms with E-state index in [0.717, 1.165) is 12.8 Å². The zero-order chi connectivity index (χ0) is 15.4. The predicted octanol–water partition coefficient (Wildman–Crippen LogP) is 2.91.